The third kappa shape index (κ3) is 11.6. The zero-order valence-corrected chi connectivity index (χ0v) is 23.6. The molecule has 0 spiro atoms. The van der Waals surface area contributed by atoms with E-state index in [0.29, 0.717) is 38.8 Å². The summed E-state index contributed by atoms with van der Waals surface area (Å²) in [6, 6.07) is 10.3. The lowest BCUT2D eigenvalue weighted by molar-refractivity contribution is -0.165. The van der Waals surface area contributed by atoms with Gasteiger partial charge in [0.05, 0.1) is 18.6 Å². The maximum absolute atomic E-state index is 12.8. The molecule has 0 radical (unpaired) electrons. The van der Waals surface area contributed by atoms with Crippen molar-refractivity contribution in [2.24, 2.45) is 11.8 Å². The summed E-state index contributed by atoms with van der Waals surface area (Å²) in [5.74, 6) is -1.00. The van der Waals surface area contributed by atoms with Gasteiger partial charge in [-0.25, -0.2) is 0 Å². The van der Waals surface area contributed by atoms with E-state index in [4.69, 9.17) is 14.2 Å². The number of methoxy groups -OCH3 is 1. The molecule has 0 saturated carbocycles. The molecule has 1 aliphatic heterocycles. The number of aliphatic hydroxyl groups excluding tert-OH is 1. The highest BCUT2D eigenvalue weighted by molar-refractivity contribution is 5.72. The summed E-state index contributed by atoms with van der Waals surface area (Å²) in [4.78, 5) is 38.7. The van der Waals surface area contributed by atoms with Crippen LogP contribution in [0.2, 0.25) is 0 Å². The first kappa shape index (κ1) is 31.9. The number of β-amino-alcohol motifs (C(OH)–C–C–N with tert-alkyl or cyclic N) is 1. The molecule has 1 fully saturated rings. The van der Waals surface area contributed by atoms with Crippen molar-refractivity contribution in [3.05, 3.63) is 35.9 Å². The lowest BCUT2D eigenvalue weighted by Gasteiger charge is -2.31. The number of aryl methyl sites for hydroxylation is 1. The second kappa shape index (κ2) is 17.3. The molecule has 1 aliphatic rings. The number of aldehydes is 1. The molecule has 8 heteroatoms. The summed E-state index contributed by atoms with van der Waals surface area (Å²) in [6.45, 7) is 7.57. The number of nitrogens with zero attached hydrogens (tertiary/aromatic N) is 1. The monoisotopic (exact) mass is 533 g/mol. The lowest BCUT2D eigenvalue weighted by atomic mass is 9.85. The van der Waals surface area contributed by atoms with Crippen molar-refractivity contribution in [1.82, 2.24) is 4.90 Å². The predicted molar refractivity (Wildman–Crippen MR) is 146 cm³/mol. The Morgan fingerprint density at radius 3 is 2.58 bits per heavy atom. The van der Waals surface area contributed by atoms with Gasteiger partial charge in [0.15, 0.2) is 0 Å². The highest BCUT2D eigenvalue weighted by Gasteiger charge is 2.32. The summed E-state index contributed by atoms with van der Waals surface area (Å²) in [5, 5.41) is 11.1. The van der Waals surface area contributed by atoms with Crippen LogP contribution in [0.1, 0.15) is 71.3 Å². The van der Waals surface area contributed by atoms with Gasteiger partial charge in [0.2, 0.25) is 0 Å². The summed E-state index contributed by atoms with van der Waals surface area (Å²) in [7, 11) is 1.52. The van der Waals surface area contributed by atoms with Crippen LogP contribution in [0.3, 0.4) is 0 Å². The third-order valence-electron chi connectivity index (χ3n) is 7.43. The van der Waals surface area contributed by atoms with Gasteiger partial charge in [0, 0.05) is 33.0 Å². The Hall–Kier alpha value is -2.29. The van der Waals surface area contributed by atoms with Crippen molar-refractivity contribution in [3.8, 4) is 0 Å². The van der Waals surface area contributed by atoms with E-state index in [1.54, 1.807) is 6.92 Å². The van der Waals surface area contributed by atoms with Crippen LogP contribution in [0.5, 0.6) is 0 Å². The number of hydrogen-bond acceptors (Lipinski definition) is 8. The van der Waals surface area contributed by atoms with E-state index in [-0.39, 0.29) is 30.8 Å². The minimum atomic E-state index is -0.804. The molecule has 0 aliphatic carbocycles. The molecule has 6 unspecified atom stereocenters. The molecule has 0 amide bonds. The zero-order chi connectivity index (χ0) is 27.9. The SMILES string of the molecule is CCC(=O)OC1CC(=O)OC(C)CCN(CCCc2ccccc2)CC(O)C(C)CC(CC=O)CC1OC. The van der Waals surface area contributed by atoms with Crippen LogP contribution in [0.4, 0.5) is 0 Å². The van der Waals surface area contributed by atoms with E-state index in [2.05, 4.69) is 17.0 Å². The van der Waals surface area contributed by atoms with E-state index in [1.165, 1.54) is 12.7 Å². The van der Waals surface area contributed by atoms with Crippen molar-refractivity contribution in [1.29, 1.82) is 0 Å². The zero-order valence-electron chi connectivity index (χ0n) is 23.6. The number of carbonyl (C=O) groups excluding carboxylic acids is 3. The molecule has 2 rings (SSSR count). The van der Waals surface area contributed by atoms with Crippen LogP contribution >= 0.6 is 0 Å². The van der Waals surface area contributed by atoms with E-state index >= 15 is 0 Å². The van der Waals surface area contributed by atoms with Gasteiger partial charge in [0.1, 0.15) is 18.5 Å². The third-order valence-corrected chi connectivity index (χ3v) is 7.43. The van der Waals surface area contributed by atoms with Crippen LogP contribution in [0.15, 0.2) is 30.3 Å². The Kier molecular flexibility index (Phi) is 14.6. The number of carbonyl (C=O) groups is 3. The van der Waals surface area contributed by atoms with Crippen LogP contribution in [0.25, 0.3) is 0 Å². The summed E-state index contributed by atoms with van der Waals surface area (Å²) in [6.07, 6.45) is 2.55. The average molecular weight is 534 g/mol. The van der Waals surface area contributed by atoms with Crippen molar-refractivity contribution in [2.75, 3.05) is 26.7 Å². The molecule has 8 nitrogen and oxygen atoms in total. The molecule has 0 aromatic heterocycles. The number of benzene rings is 1. The smallest absolute Gasteiger partial charge is 0.309 e. The van der Waals surface area contributed by atoms with Gasteiger partial charge in [-0.3, -0.25) is 9.59 Å². The van der Waals surface area contributed by atoms with E-state index in [0.717, 1.165) is 25.7 Å². The van der Waals surface area contributed by atoms with Gasteiger partial charge < -0.3 is 29.0 Å². The van der Waals surface area contributed by atoms with Gasteiger partial charge >= 0.3 is 11.9 Å². The van der Waals surface area contributed by atoms with E-state index < -0.39 is 30.3 Å². The number of rotatable bonds is 9. The fourth-order valence-corrected chi connectivity index (χ4v) is 5.09. The Morgan fingerprint density at radius 1 is 1.18 bits per heavy atom. The molecular formula is C30H47NO7. The summed E-state index contributed by atoms with van der Waals surface area (Å²) >= 11 is 0. The van der Waals surface area contributed by atoms with Crippen LogP contribution in [-0.4, -0.2) is 79.4 Å². The van der Waals surface area contributed by atoms with E-state index in [9.17, 15) is 19.5 Å². The topological polar surface area (TPSA) is 102 Å². The average Bonchev–Trinajstić information content (AvgIpc) is 2.89. The quantitative estimate of drug-likeness (QED) is 0.376. The van der Waals surface area contributed by atoms with Crippen molar-refractivity contribution < 1.29 is 33.7 Å². The van der Waals surface area contributed by atoms with Gasteiger partial charge in [-0.05, 0) is 63.0 Å². The molecule has 1 heterocycles. The highest BCUT2D eigenvalue weighted by Crippen LogP contribution is 2.27. The molecule has 214 valence electrons. The van der Waals surface area contributed by atoms with Crippen LogP contribution in [-0.2, 0) is 35.0 Å². The Bertz CT molecular complexity index is 833. The van der Waals surface area contributed by atoms with Gasteiger partial charge in [-0.2, -0.15) is 0 Å². The predicted octanol–water partition coefficient (Wildman–Crippen LogP) is 3.97. The fraction of sp³-hybridized carbons (Fsp3) is 0.700. The van der Waals surface area contributed by atoms with Gasteiger partial charge in [0.25, 0.3) is 0 Å². The molecule has 1 N–H and O–H groups in total. The number of hydrogen-bond donors (Lipinski definition) is 1. The Labute approximate surface area is 228 Å². The summed E-state index contributed by atoms with van der Waals surface area (Å²) in [5.41, 5.74) is 1.28. The maximum atomic E-state index is 12.8. The lowest BCUT2D eigenvalue weighted by Crippen LogP contribution is -2.39. The number of cyclic esters (lactones) is 1. The molecule has 6 atom stereocenters. The highest BCUT2D eigenvalue weighted by atomic mass is 16.6. The molecule has 1 saturated heterocycles. The van der Waals surface area contributed by atoms with Crippen molar-refractivity contribution in [3.63, 3.8) is 0 Å². The minimum absolute atomic E-state index is 0.0499. The largest absolute Gasteiger partial charge is 0.463 e. The second-order valence-electron chi connectivity index (χ2n) is 10.6. The number of esters is 2. The van der Waals surface area contributed by atoms with Gasteiger partial charge in [-0.15, -0.1) is 0 Å². The van der Waals surface area contributed by atoms with Crippen molar-refractivity contribution in [2.45, 2.75) is 96.6 Å². The minimum Gasteiger partial charge on any atom is -0.463 e. The first-order chi connectivity index (χ1) is 18.2. The summed E-state index contributed by atoms with van der Waals surface area (Å²) < 4.78 is 16.9. The first-order valence-electron chi connectivity index (χ1n) is 14.0. The number of aliphatic hydroxyl groups is 1. The molecule has 1 aromatic rings. The molecule has 0 bridgehead atoms. The second-order valence-corrected chi connectivity index (χ2v) is 10.6. The molecular weight excluding hydrogens is 486 g/mol. The van der Waals surface area contributed by atoms with Crippen LogP contribution in [0, 0.1) is 11.8 Å². The maximum Gasteiger partial charge on any atom is 0.309 e. The Balaban J connectivity index is 2.19. The standard InChI is InChI=1S/C30H47NO7/c1-5-29(34)38-28-20-30(35)37-23(3)13-16-31(15-9-12-24-10-7-6-8-11-24)21-26(33)22(2)18-25(14-17-32)19-27(28)36-4/h6-8,10-11,17,22-23,25-28,33H,5,9,12-16,18-21H2,1-4H3. The first-order valence-corrected chi connectivity index (χ1v) is 14.0. The molecule has 38 heavy (non-hydrogen) atoms. The van der Waals surface area contributed by atoms with Crippen molar-refractivity contribution >= 4 is 18.2 Å². The normalized spacial score (nSPS) is 28.5. The van der Waals surface area contributed by atoms with E-state index in [1.807, 2.05) is 32.0 Å². The fourth-order valence-electron chi connectivity index (χ4n) is 5.09. The molecule has 1 aromatic carbocycles. The number of ether oxygens (including phenoxy) is 3. The van der Waals surface area contributed by atoms with Crippen LogP contribution < -0.4 is 0 Å². The van der Waals surface area contributed by atoms with Gasteiger partial charge in [-0.1, -0.05) is 44.2 Å². The Morgan fingerprint density at radius 2 is 1.92 bits per heavy atom.